The number of rotatable bonds is 7. The number of Topliss-reactive ketones (excluding diaryl/α,β-unsaturated/α-hetero) is 1. The van der Waals surface area contributed by atoms with Gasteiger partial charge >= 0.3 is 0 Å². The van der Waals surface area contributed by atoms with Crippen LogP contribution in [-0.2, 0) is 19.4 Å². The van der Waals surface area contributed by atoms with Gasteiger partial charge in [0.2, 0.25) is 11.8 Å². The summed E-state index contributed by atoms with van der Waals surface area (Å²) >= 11 is 0. The van der Waals surface area contributed by atoms with E-state index in [1.165, 1.54) is 50.2 Å². The fourth-order valence-electron chi connectivity index (χ4n) is 2.36. The van der Waals surface area contributed by atoms with Crippen molar-refractivity contribution in [2.24, 2.45) is 0 Å². The molecule has 148 valence electrons. The molecule has 9 heteroatoms. The van der Waals surface area contributed by atoms with Crippen molar-refractivity contribution in [1.82, 2.24) is 0 Å². The largest absolute Gasteiger partial charge is 0.326 e. The summed E-state index contributed by atoms with van der Waals surface area (Å²) in [5.41, 5.74) is 0.858. The lowest BCUT2D eigenvalue weighted by atomic mass is 10.1. The first kappa shape index (κ1) is 21.2. The first-order valence-corrected chi connectivity index (χ1v) is 9.99. The van der Waals surface area contributed by atoms with Crippen LogP contribution in [0.1, 0.15) is 24.2 Å². The van der Waals surface area contributed by atoms with Crippen LogP contribution in [0.2, 0.25) is 0 Å². The number of amides is 2. The minimum absolute atomic E-state index is 0.143. The molecule has 1 atom stereocenters. The third-order valence-corrected chi connectivity index (χ3v) is 5.81. The third-order valence-electron chi connectivity index (χ3n) is 3.86. The standard InChI is InChI=1S/C19H19FN2O5S/c1-12(19(25)14-3-7-16(8-4-14)21-13(2)23)28(26,27)11-18(24)22-17-9-5-15(20)6-10-17/h3-10,12H,11H2,1-2H3,(H,21,23)(H,22,24). The Hall–Kier alpha value is -3.07. The molecule has 7 nitrogen and oxygen atoms in total. The Morgan fingerprint density at radius 2 is 1.43 bits per heavy atom. The molecule has 0 aliphatic heterocycles. The van der Waals surface area contributed by atoms with Crippen LogP contribution in [0.3, 0.4) is 0 Å². The predicted molar refractivity (Wildman–Crippen MR) is 103 cm³/mol. The van der Waals surface area contributed by atoms with Gasteiger partial charge in [-0.3, -0.25) is 14.4 Å². The van der Waals surface area contributed by atoms with Gasteiger partial charge in [-0.25, -0.2) is 12.8 Å². The molecule has 1 unspecified atom stereocenters. The van der Waals surface area contributed by atoms with Gasteiger partial charge in [-0.1, -0.05) is 0 Å². The van der Waals surface area contributed by atoms with Crippen LogP contribution in [0, 0.1) is 5.82 Å². The van der Waals surface area contributed by atoms with E-state index in [0.717, 1.165) is 12.1 Å². The second-order valence-corrected chi connectivity index (χ2v) is 8.45. The number of ketones is 1. The molecule has 0 aliphatic carbocycles. The topological polar surface area (TPSA) is 109 Å². The molecule has 0 spiro atoms. The highest BCUT2D eigenvalue weighted by Gasteiger charge is 2.31. The van der Waals surface area contributed by atoms with E-state index in [2.05, 4.69) is 10.6 Å². The minimum atomic E-state index is -4.07. The summed E-state index contributed by atoms with van der Waals surface area (Å²) in [6.07, 6.45) is 0. The monoisotopic (exact) mass is 406 g/mol. The van der Waals surface area contributed by atoms with Crippen LogP contribution < -0.4 is 10.6 Å². The number of hydrogen-bond acceptors (Lipinski definition) is 5. The molecule has 2 amide bonds. The van der Waals surface area contributed by atoms with Crippen molar-refractivity contribution >= 4 is 38.8 Å². The van der Waals surface area contributed by atoms with Crippen LogP contribution in [0.4, 0.5) is 15.8 Å². The average Bonchev–Trinajstić information content (AvgIpc) is 2.62. The zero-order valence-corrected chi connectivity index (χ0v) is 16.0. The molecule has 0 heterocycles. The normalized spacial score (nSPS) is 12.1. The van der Waals surface area contributed by atoms with Gasteiger partial charge in [-0.15, -0.1) is 0 Å². The fourth-order valence-corrected chi connectivity index (χ4v) is 3.51. The van der Waals surface area contributed by atoms with Crippen LogP contribution in [0.5, 0.6) is 0 Å². The lowest BCUT2D eigenvalue weighted by molar-refractivity contribution is -0.114. The Balaban J connectivity index is 2.05. The maximum absolute atomic E-state index is 12.9. The Morgan fingerprint density at radius 3 is 1.96 bits per heavy atom. The van der Waals surface area contributed by atoms with Crippen molar-refractivity contribution in [1.29, 1.82) is 0 Å². The van der Waals surface area contributed by atoms with Gasteiger partial charge in [0.1, 0.15) is 16.8 Å². The van der Waals surface area contributed by atoms with Crippen molar-refractivity contribution in [3.63, 3.8) is 0 Å². The molecule has 2 aromatic carbocycles. The Kier molecular flexibility index (Phi) is 6.63. The van der Waals surface area contributed by atoms with Crippen molar-refractivity contribution < 1.29 is 27.2 Å². The third kappa shape index (κ3) is 5.71. The quantitative estimate of drug-likeness (QED) is 0.687. The number of anilines is 2. The van der Waals surface area contributed by atoms with E-state index in [9.17, 15) is 27.2 Å². The first-order valence-electron chi connectivity index (χ1n) is 8.27. The Morgan fingerprint density at radius 1 is 0.929 bits per heavy atom. The maximum Gasteiger partial charge on any atom is 0.239 e. The van der Waals surface area contributed by atoms with E-state index in [4.69, 9.17) is 0 Å². The highest BCUT2D eigenvalue weighted by atomic mass is 32.2. The van der Waals surface area contributed by atoms with Crippen LogP contribution in [0.25, 0.3) is 0 Å². The molecular weight excluding hydrogens is 387 g/mol. The van der Waals surface area contributed by atoms with Gasteiger partial charge in [-0.05, 0) is 55.5 Å². The summed E-state index contributed by atoms with van der Waals surface area (Å²) in [6, 6.07) is 10.6. The zero-order valence-electron chi connectivity index (χ0n) is 15.2. The van der Waals surface area contributed by atoms with E-state index in [-0.39, 0.29) is 17.2 Å². The number of sulfone groups is 1. The summed E-state index contributed by atoms with van der Waals surface area (Å²) in [5.74, 6) is -3.14. The smallest absolute Gasteiger partial charge is 0.239 e. The molecular formula is C19H19FN2O5S. The summed E-state index contributed by atoms with van der Waals surface area (Å²) < 4.78 is 37.7. The number of halogens is 1. The van der Waals surface area contributed by atoms with Gasteiger partial charge in [0.05, 0.1) is 0 Å². The Labute approximate surface area is 161 Å². The van der Waals surface area contributed by atoms with Gasteiger partial charge in [-0.2, -0.15) is 0 Å². The van der Waals surface area contributed by atoms with E-state index < -0.39 is 38.3 Å². The number of carbonyl (C=O) groups is 3. The predicted octanol–water partition coefficient (Wildman–Crippen LogP) is 2.41. The van der Waals surface area contributed by atoms with E-state index in [1.54, 1.807) is 0 Å². The van der Waals surface area contributed by atoms with Crippen LogP contribution in [0.15, 0.2) is 48.5 Å². The molecule has 2 N–H and O–H groups in total. The van der Waals surface area contributed by atoms with Gasteiger partial charge in [0.25, 0.3) is 0 Å². The van der Waals surface area contributed by atoms with E-state index in [1.807, 2.05) is 0 Å². The summed E-state index contributed by atoms with van der Waals surface area (Å²) in [7, 11) is -4.07. The van der Waals surface area contributed by atoms with E-state index in [0.29, 0.717) is 5.69 Å². The van der Waals surface area contributed by atoms with E-state index >= 15 is 0 Å². The highest BCUT2D eigenvalue weighted by Crippen LogP contribution is 2.15. The molecule has 28 heavy (non-hydrogen) atoms. The first-order chi connectivity index (χ1) is 13.1. The molecule has 0 saturated heterocycles. The van der Waals surface area contributed by atoms with Gasteiger partial charge < -0.3 is 10.6 Å². The molecule has 0 fully saturated rings. The second-order valence-electron chi connectivity index (χ2n) is 6.13. The zero-order chi connectivity index (χ0) is 20.9. The highest BCUT2D eigenvalue weighted by molar-refractivity contribution is 7.93. The van der Waals surface area contributed by atoms with Gasteiger partial charge in [0.15, 0.2) is 15.6 Å². The van der Waals surface area contributed by atoms with Crippen molar-refractivity contribution in [3.8, 4) is 0 Å². The average molecular weight is 406 g/mol. The Bertz CT molecular complexity index is 986. The molecule has 0 aliphatic rings. The fraction of sp³-hybridized carbons (Fsp3) is 0.211. The van der Waals surface area contributed by atoms with Gasteiger partial charge in [0, 0.05) is 23.9 Å². The van der Waals surface area contributed by atoms with Crippen molar-refractivity contribution in [2.75, 3.05) is 16.4 Å². The summed E-state index contributed by atoms with van der Waals surface area (Å²) in [5, 5.41) is 3.45. The van der Waals surface area contributed by atoms with Crippen LogP contribution in [-0.4, -0.2) is 37.0 Å². The summed E-state index contributed by atoms with van der Waals surface area (Å²) in [4.78, 5) is 35.5. The number of hydrogen-bond donors (Lipinski definition) is 2. The van der Waals surface area contributed by atoms with Crippen molar-refractivity contribution in [3.05, 3.63) is 59.9 Å². The SMILES string of the molecule is CC(=O)Nc1ccc(C(=O)C(C)S(=O)(=O)CC(=O)Nc2ccc(F)cc2)cc1. The molecule has 0 radical (unpaired) electrons. The second kappa shape index (κ2) is 8.75. The number of benzene rings is 2. The molecule has 2 rings (SSSR count). The lowest BCUT2D eigenvalue weighted by Crippen LogP contribution is -2.34. The maximum atomic E-state index is 12.9. The lowest BCUT2D eigenvalue weighted by Gasteiger charge is -2.13. The number of nitrogens with one attached hydrogen (secondary N) is 2. The summed E-state index contributed by atoms with van der Waals surface area (Å²) in [6.45, 7) is 2.55. The minimum Gasteiger partial charge on any atom is -0.326 e. The molecule has 0 bridgehead atoms. The molecule has 0 saturated carbocycles. The number of carbonyl (C=O) groups excluding carboxylic acids is 3. The van der Waals surface area contributed by atoms with Crippen molar-refractivity contribution in [2.45, 2.75) is 19.1 Å². The molecule has 2 aromatic rings. The molecule has 0 aromatic heterocycles. The van der Waals surface area contributed by atoms with Crippen LogP contribution >= 0.6 is 0 Å².